The minimum absolute atomic E-state index is 0.491. The van der Waals surface area contributed by atoms with E-state index < -0.39 is 0 Å². The van der Waals surface area contributed by atoms with Crippen LogP contribution in [0.25, 0.3) is 137 Å². The number of hydrogen-bond donors (Lipinski definition) is 0. The minimum atomic E-state index is 0.491. The van der Waals surface area contributed by atoms with Crippen LogP contribution >= 0.6 is 0 Å². The van der Waals surface area contributed by atoms with Crippen LogP contribution in [0.5, 0.6) is 0 Å². The third-order valence-corrected chi connectivity index (χ3v) is 15.0. The van der Waals surface area contributed by atoms with Crippen molar-refractivity contribution in [3.8, 4) is 51.3 Å². The molecule has 0 aliphatic carbocycles. The maximum atomic E-state index is 10.9. The summed E-state index contributed by atoms with van der Waals surface area (Å²) in [5.41, 5.74) is 15.6. The van der Waals surface area contributed by atoms with Crippen LogP contribution in [0.15, 0.2) is 237 Å². The topological polar surface area (TPSA) is 60.8 Å². The molecule has 0 aliphatic rings. The number of benzene rings is 10. The summed E-state index contributed by atoms with van der Waals surface area (Å²) >= 11 is 0. The van der Waals surface area contributed by atoms with Crippen LogP contribution in [0.1, 0.15) is 5.56 Å². The van der Waals surface area contributed by atoms with E-state index in [-0.39, 0.29) is 0 Å². The van der Waals surface area contributed by atoms with E-state index in [0.29, 0.717) is 22.6 Å². The van der Waals surface area contributed by atoms with E-state index >= 15 is 0 Å². The lowest BCUT2D eigenvalue weighted by molar-refractivity contribution is 1.08. The fourth-order valence-electron chi connectivity index (χ4n) is 11.9. The molecule has 0 fully saturated rings. The first-order valence-corrected chi connectivity index (χ1v) is 24.7. The molecule has 342 valence electrons. The second kappa shape index (κ2) is 16.0. The van der Waals surface area contributed by atoms with Gasteiger partial charge >= 0.3 is 0 Å². The van der Waals surface area contributed by atoms with E-state index in [1.54, 1.807) is 0 Å². The summed E-state index contributed by atoms with van der Waals surface area (Å²) in [7, 11) is 0. The number of pyridine rings is 1. The summed E-state index contributed by atoms with van der Waals surface area (Å²) in [6.45, 7) is 8.52. The second-order valence-electron chi connectivity index (χ2n) is 18.9. The third-order valence-electron chi connectivity index (χ3n) is 15.0. The number of rotatable bonds is 6. The lowest BCUT2D eigenvalue weighted by atomic mass is 9.99. The molecular formula is C67H39N7. The summed E-state index contributed by atoms with van der Waals surface area (Å²) in [5, 5.41) is 19.8. The van der Waals surface area contributed by atoms with Crippen LogP contribution in [-0.4, -0.2) is 23.3 Å². The molecule has 5 aromatic heterocycles. The normalized spacial score (nSPS) is 11.8. The number of para-hydroxylation sites is 8. The summed E-state index contributed by atoms with van der Waals surface area (Å²) in [5.74, 6) is 0. The Kier molecular flexibility index (Phi) is 8.95. The average molecular weight is 942 g/mol. The van der Waals surface area contributed by atoms with E-state index in [2.05, 4.69) is 242 Å². The highest BCUT2D eigenvalue weighted by Gasteiger charge is 2.28. The van der Waals surface area contributed by atoms with Gasteiger partial charge in [0.05, 0.1) is 96.5 Å². The Hall–Kier alpha value is -10.5. The zero-order chi connectivity index (χ0) is 49.0. The Bertz CT molecular complexity index is 4430. The molecule has 0 amide bonds. The Morgan fingerprint density at radius 2 is 0.608 bits per heavy atom. The highest BCUT2D eigenvalue weighted by molar-refractivity contribution is 6.14. The highest BCUT2D eigenvalue weighted by atomic mass is 15.1. The summed E-state index contributed by atoms with van der Waals surface area (Å²) < 4.78 is 9.35. The monoisotopic (exact) mass is 941 g/mol. The Morgan fingerprint density at radius 3 is 0.919 bits per heavy atom. The van der Waals surface area contributed by atoms with Crippen LogP contribution in [0.2, 0.25) is 0 Å². The Morgan fingerprint density at radius 1 is 0.324 bits per heavy atom. The second-order valence-corrected chi connectivity index (χ2v) is 18.9. The smallest absolute Gasteiger partial charge is 0.188 e. The molecule has 15 aromatic rings. The van der Waals surface area contributed by atoms with Crippen molar-refractivity contribution < 1.29 is 0 Å². The van der Waals surface area contributed by atoms with E-state index in [0.717, 1.165) is 121 Å². The van der Waals surface area contributed by atoms with Crippen LogP contribution in [0.3, 0.4) is 0 Å². The molecule has 5 heterocycles. The molecule has 0 saturated carbocycles. The quantitative estimate of drug-likeness (QED) is 0.156. The maximum absolute atomic E-state index is 10.9. The molecule has 7 nitrogen and oxygen atoms in total. The predicted octanol–water partition coefficient (Wildman–Crippen LogP) is 17.2. The van der Waals surface area contributed by atoms with Crippen molar-refractivity contribution in [2.75, 3.05) is 0 Å². The molecule has 10 aromatic carbocycles. The van der Waals surface area contributed by atoms with Crippen molar-refractivity contribution in [2.24, 2.45) is 0 Å². The number of nitriles is 1. The molecule has 0 aliphatic heterocycles. The summed E-state index contributed by atoms with van der Waals surface area (Å²) in [6, 6.07) is 85.2. The van der Waals surface area contributed by atoms with Crippen molar-refractivity contribution in [1.29, 1.82) is 5.26 Å². The highest BCUT2D eigenvalue weighted by Crippen LogP contribution is 2.47. The van der Waals surface area contributed by atoms with Crippen LogP contribution in [-0.2, 0) is 0 Å². The zero-order valence-electron chi connectivity index (χ0n) is 39.6. The molecule has 0 bridgehead atoms. The lowest BCUT2D eigenvalue weighted by Gasteiger charge is -2.23. The standard InChI is InChI=1S/C67H39N7/c1-69-43-35-37-63(72-56-28-12-4-20-46(56)47-21-5-13-29-57(47)72)53(39-43)67-65(74-60-32-16-8-24-50(60)51-25-9-17-33-61(51)74)40-64(73-58-30-14-6-22-48(58)49-23-7-15-31-59(49)73)66(70-67)52-38-42(41-68)34-36-62(52)71-54-26-10-2-18-44(54)45-19-3-11-27-55(45)71/h2-40H. The molecule has 0 N–H and O–H groups in total. The Labute approximate surface area is 424 Å². The molecule has 0 unspecified atom stereocenters. The maximum Gasteiger partial charge on any atom is 0.188 e. The van der Waals surface area contributed by atoms with E-state index in [4.69, 9.17) is 11.6 Å². The van der Waals surface area contributed by atoms with Gasteiger partial charge in [0.25, 0.3) is 0 Å². The minimum Gasteiger partial charge on any atom is -0.309 e. The van der Waals surface area contributed by atoms with Crippen LogP contribution < -0.4 is 0 Å². The van der Waals surface area contributed by atoms with Gasteiger partial charge in [0.2, 0.25) is 0 Å². The van der Waals surface area contributed by atoms with Gasteiger partial charge in [-0.15, -0.1) is 0 Å². The molecule has 0 radical (unpaired) electrons. The summed E-state index contributed by atoms with van der Waals surface area (Å²) in [6.07, 6.45) is 0. The average Bonchev–Trinajstić information content (AvgIpc) is 4.21. The molecule has 15 rings (SSSR count). The van der Waals surface area contributed by atoms with Gasteiger partial charge in [-0.25, -0.2) is 9.83 Å². The SMILES string of the molecule is [C-]#[N+]c1ccc(-n2c3ccccc3c3ccccc32)c(-c2nc(-c3cc(C#N)ccc3-n3c4ccccc4c4ccccc43)c(-n3c4ccccc4c4ccccc43)cc2-n2c3ccccc3c3ccccc32)c1. The van der Waals surface area contributed by atoms with Crippen molar-refractivity contribution in [2.45, 2.75) is 0 Å². The van der Waals surface area contributed by atoms with Gasteiger partial charge in [0, 0.05) is 54.2 Å². The van der Waals surface area contributed by atoms with Crippen LogP contribution in [0, 0.1) is 17.9 Å². The van der Waals surface area contributed by atoms with E-state index in [9.17, 15) is 5.26 Å². The van der Waals surface area contributed by atoms with Crippen molar-refractivity contribution in [3.05, 3.63) is 254 Å². The first-order valence-electron chi connectivity index (χ1n) is 24.7. The number of fused-ring (bicyclic) bond motifs is 12. The van der Waals surface area contributed by atoms with Crippen LogP contribution in [0.4, 0.5) is 5.69 Å². The molecule has 74 heavy (non-hydrogen) atoms. The first-order chi connectivity index (χ1) is 36.7. The number of nitrogens with zero attached hydrogens (tertiary/aromatic N) is 7. The van der Waals surface area contributed by atoms with Gasteiger partial charge in [0.1, 0.15) is 0 Å². The fraction of sp³-hybridized carbons (Fsp3) is 0. The lowest BCUT2D eigenvalue weighted by Crippen LogP contribution is -2.09. The molecule has 0 atom stereocenters. The van der Waals surface area contributed by atoms with E-state index in [1.807, 2.05) is 24.3 Å². The Balaban J connectivity index is 1.18. The number of hydrogen-bond acceptors (Lipinski definition) is 2. The van der Waals surface area contributed by atoms with Gasteiger partial charge in [0.15, 0.2) is 5.69 Å². The van der Waals surface area contributed by atoms with Gasteiger partial charge in [-0.05, 0) is 84.9 Å². The van der Waals surface area contributed by atoms with Gasteiger partial charge in [-0.2, -0.15) is 5.26 Å². The summed E-state index contributed by atoms with van der Waals surface area (Å²) in [4.78, 5) is 10.3. The van der Waals surface area contributed by atoms with Crippen molar-refractivity contribution in [3.63, 3.8) is 0 Å². The molecule has 0 spiro atoms. The molecular weight excluding hydrogens is 903 g/mol. The van der Waals surface area contributed by atoms with Gasteiger partial charge < -0.3 is 18.3 Å². The van der Waals surface area contributed by atoms with E-state index in [1.165, 1.54) is 0 Å². The number of aromatic nitrogens is 5. The van der Waals surface area contributed by atoms with Crippen molar-refractivity contribution >= 4 is 92.9 Å². The third kappa shape index (κ3) is 5.90. The predicted molar refractivity (Wildman–Crippen MR) is 303 cm³/mol. The first kappa shape index (κ1) is 41.3. The molecule has 7 heteroatoms. The van der Waals surface area contributed by atoms with Crippen molar-refractivity contribution in [1.82, 2.24) is 23.3 Å². The zero-order valence-corrected chi connectivity index (χ0v) is 39.6. The fourth-order valence-corrected chi connectivity index (χ4v) is 11.9. The van der Waals surface area contributed by atoms with Gasteiger partial charge in [-0.1, -0.05) is 152 Å². The largest absolute Gasteiger partial charge is 0.309 e. The molecule has 0 saturated heterocycles. The van der Waals surface area contributed by atoms with Gasteiger partial charge in [-0.3, -0.25) is 0 Å².